The highest BCUT2D eigenvalue weighted by atomic mass is 32.2. The molecule has 1 aromatic heterocycles. The van der Waals surface area contributed by atoms with Gasteiger partial charge in [-0.15, -0.1) is 6.58 Å². The summed E-state index contributed by atoms with van der Waals surface area (Å²) in [5.41, 5.74) is 3.38. The summed E-state index contributed by atoms with van der Waals surface area (Å²) in [7, 11) is 2.05. The normalized spacial score (nSPS) is 16.3. The van der Waals surface area contributed by atoms with Crippen molar-refractivity contribution in [2.24, 2.45) is 5.92 Å². The van der Waals surface area contributed by atoms with Crippen LogP contribution in [0.3, 0.4) is 0 Å². The third-order valence-corrected chi connectivity index (χ3v) is 7.15. The summed E-state index contributed by atoms with van der Waals surface area (Å²) in [6.45, 7) is 12.2. The number of rotatable bonds is 13. The lowest BCUT2D eigenvalue weighted by molar-refractivity contribution is -0.116. The number of hydrogen-bond donors (Lipinski definition) is 2. The second-order valence-corrected chi connectivity index (χ2v) is 10.3. The van der Waals surface area contributed by atoms with Gasteiger partial charge in [-0.25, -0.2) is 8.78 Å². The molecule has 1 aliphatic heterocycles. The molecule has 9 heteroatoms. The van der Waals surface area contributed by atoms with Crippen LogP contribution >= 0.6 is 11.8 Å². The van der Waals surface area contributed by atoms with E-state index in [0.717, 1.165) is 24.3 Å². The minimum absolute atomic E-state index is 0.00564. The van der Waals surface area contributed by atoms with Gasteiger partial charge >= 0.3 is 0 Å². The molecule has 6 nitrogen and oxygen atoms in total. The molecule has 2 rings (SSSR count). The lowest BCUT2D eigenvalue weighted by atomic mass is 10.1. The Hall–Kier alpha value is -2.91. The summed E-state index contributed by atoms with van der Waals surface area (Å²) in [4.78, 5) is 33.4. The summed E-state index contributed by atoms with van der Waals surface area (Å²) in [5.74, 6) is 0.114. The molecule has 2 N–H and O–H groups in total. The monoisotopic (exact) mass is 546 g/mol. The Bertz CT molecular complexity index is 1070. The van der Waals surface area contributed by atoms with Crippen LogP contribution < -0.4 is 5.32 Å². The average molecular weight is 547 g/mol. The standard InChI is InChI=1S/C29H40F2N4O2S/c1-6-10-23(27(30)31)11-8-18-38-19-9-12-24(28(36)32-13-7-2)20-25-21(3)26(22(4)33-25)29(37)35-16-14-34(5)15-17-35/h6-9,11-13,20,23,27,33H,1,10,14-19H2,2-5H3,(H,32,36). The Morgan fingerprint density at radius 3 is 2.47 bits per heavy atom. The van der Waals surface area contributed by atoms with Gasteiger partial charge in [0.05, 0.1) is 5.56 Å². The van der Waals surface area contributed by atoms with Gasteiger partial charge in [0.15, 0.2) is 0 Å². The van der Waals surface area contributed by atoms with E-state index >= 15 is 0 Å². The highest BCUT2D eigenvalue weighted by Gasteiger charge is 2.25. The predicted octanol–water partition coefficient (Wildman–Crippen LogP) is 5.36. The van der Waals surface area contributed by atoms with Crippen molar-refractivity contribution in [1.82, 2.24) is 20.1 Å². The summed E-state index contributed by atoms with van der Waals surface area (Å²) in [6.07, 6.45) is 11.3. The van der Waals surface area contributed by atoms with Crippen LogP contribution in [0.4, 0.5) is 8.78 Å². The number of carbonyl (C=O) groups excluding carboxylic acids is 2. The second kappa shape index (κ2) is 16.1. The van der Waals surface area contributed by atoms with Crippen molar-refractivity contribution in [2.45, 2.75) is 33.6 Å². The molecule has 1 aromatic rings. The SMILES string of the molecule is C=CCC(C=CCSCC=CC(=Cc1[nH]c(C)c(C(=O)N2CCN(C)CC2)c1C)C(=O)NC=CC)C(F)F. The molecule has 0 spiro atoms. The van der Waals surface area contributed by atoms with E-state index in [9.17, 15) is 18.4 Å². The van der Waals surface area contributed by atoms with Crippen molar-refractivity contribution in [3.05, 3.63) is 77.3 Å². The lowest BCUT2D eigenvalue weighted by Gasteiger charge is -2.32. The number of nitrogens with one attached hydrogen (secondary N) is 2. The molecule has 1 saturated heterocycles. The molecule has 0 bridgehead atoms. The van der Waals surface area contributed by atoms with E-state index in [2.05, 4.69) is 21.8 Å². The maximum atomic E-state index is 13.2. The van der Waals surface area contributed by atoms with Gasteiger partial charge in [-0.1, -0.05) is 36.5 Å². The number of H-pyrrole nitrogens is 1. The number of halogens is 2. The number of carbonyl (C=O) groups is 2. The topological polar surface area (TPSA) is 68.4 Å². The van der Waals surface area contributed by atoms with Crippen molar-refractivity contribution < 1.29 is 18.4 Å². The van der Waals surface area contributed by atoms with E-state index in [-0.39, 0.29) is 18.2 Å². The van der Waals surface area contributed by atoms with Crippen LogP contribution in [0.2, 0.25) is 0 Å². The first kappa shape index (κ1) is 31.3. The number of aryl methyl sites for hydroxylation is 1. The Morgan fingerprint density at radius 2 is 1.84 bits per heavy atom. The number of nitrogens with zero attached hydrogens (tertiary/aromatic N) is 2. The van der Waals surface area contributed by atoms with Crippen LogP contribution in [0.5, 0.6) is 0 Å². The summed E-state index contributed by atoms with van der Waals surface area (Å²) >= 11 is 1.55. The van der Waals surface area contributed by atoms with Gasteiger partial charge in [0.25, 0.3) is 11.8 Å². The summed E-state index contributed by atoms with van der Waals surface area (Å²) in [6, 6.07) is 0. The molecular weight excluding hydrogens is 506 g/mol. The van der Waals surface area contributed by atoms with Gasteiger partial charge in [0.2, 0.25) is 6.43 Å². The second-order valence-electron chi connectivity index (χ2n) is 9.22. The molecular formula is C29H40F2N4O2S. The number of amides is 2. The molecule has 0 radical (unpaired) electrons. The largest absolute Gasteiger partial charge is 0.358 e. The molecule has 0 aromatic carbocycles. The molecule has 208 valence electrons. The van der Waals surface area contributed by atoms with Crippen LogP contribution in [-0.4, -0.2) is 77.8 Å². The fourth-order valence-electron chi connectivity index (χ4n) is 4.06. The van der Waals surface area contributed by atoms with Crippen molar-refractivity contribution >= 4 is 29.7 Å². The molecule has 1 fully saturated rings. The van der Waals surface area contributed by atoms with Crippen molar-refractivity contribution in [1.29, 1.82) is 0 Å². The molecule has 0 aliphatic carbocycles. The summed E-state index contributed by atoms with van der Waals surface area (Å²) < 4.78 is 25.9. The molecule has 0 saturated carbocycles. The molecule has 1 aliphatic rings. The molecule has 2 heterocycles. The van der Waals surface area contributed by atoms with Crippen molar-refractivity contribution in [2.75, 3.05) is 44.7 Å². The maximum absolute atomic E-state index is 13.2. The number of allylic oxidation sites excluding steroid dienone is 3. The van der Waals surface area contributed by atoms with Crippen LogP contribution in [0.25, 0.3) is 6.08 Å². The van der Waals surface area contributed by atoms with E-state index in [1.807, 2.05) is 38.8 Å². The number of likely N-dealkylation sites (N-methyl/N-ethyl adjacent to an activating group) is 1. The first-order valence-electron chi connectivity index (χ1n) is 12.8. The molecule has 38 heavy (non-hydrogen) atoms. The number of aromatic nitrogens is 1. The molecule has 1 atom stereocenters. The minimum atomic E-state index is -2.41. The zero-order valence-corrected chi connectivity index (χ0v) is 23.6. The van der Waals surface area contributed by atoms with Gasteiger partial charge < -0.3 is 20.1 Å². The van der Waals surface area contributed by atoms with Gasteiger partial charge in [-0.05, 0) is 52.1 Å². The molecule has 2 amide bonds. The highest BCUT2D eigenvalue weighted by Crippen LogP contribution is 2.23. The van der Waals surface area contributed by atoms with E-state index in [0.29, 0.717) is 41.4 Å². The first-order valence-corrected chi connectivity index (χ1v) is 14.0. The van der Waals surface area contributed by atoms with E-state index in [1.54, 1.807) is 42.3 Å². The third kappa shape index (κ3) is 9.44. The summed E-state index contributed by atoms with van der Waals surface area (Å²) in [5, 5.41) is 2.74. The Balaban J connectivity index is 2.14. The Morgan fingerprint density at radius 1 is 1.16 bits per heavy atom. The van der Waals surface area contributed by atoms with Gasteiger partial charge in [-0.2, -0.15) is 11.8 Å². The average Bonchev–Trinajstić information content (AvgIpc) is 3.17. The quantitative estimate of drug-likeness (QED) is 0.151. The van der Waals surface area contributed by atoms with Gasteiger partial charge in [-0.3, -0.25) is 9.59 Å². The Labute approximate surface area is 229 Å². The van der Waals surface area contributed by atoms with E-state index in [1.165, 1.54) is 12.2 Å². The predicted molar refractivity (Wildman–Crippen MR) is 155 cm³/mol. The fraction of sp³-hybridized carbons (Fsp3) is 0.448. The first-order chi connectivity index (χ1) is 18.2. The van der Waals surface area contributed by atoms with E-state index < -0.39 is 12.3 Å². The van der Waals surface area contributed by atoms with Crippen LogP contribution in [0.15, 0.2) is 54.8 Å². The van der Waals surface area contributed by atoms with E-state index in [4.69, 9.17) is 0 Å². The smallest absolute Gasteiger partial charge is 0.256 e. The van der Waals surface area contributed by atoms with Crippen LogP contribution in [0.1, 0.15) is 40.7 Å². The molecule has 1 unspecified atom stereocenters. The number of aromatic amines is 1. The number of thioether (sulfide) groups is 1. The third-order valence-electron chi connectivity index (χ3n) is 6.29. The number of hydrogen-bond acceptors (Lipinski definition) is 4. The van der Waals surface area contributed by atoms with Gasteiger partial charge in [0.1, 0.15) is 0 Å². The zero-order chi connectivity index (χ0) is 28.1. The minimum Gasteiger partial charge on any atom is -0.358 e. The van der Waals surface area contributed by atoms with Crippen molar-refractivity contribution in [3.8, 4) is 0 Å². The maximum Gasteiger partial charge on any atom is 0.256 e. The highest BCUT2D eigenvalue weighted by molar-refractivity contribution is 7.99. The lowest BCUT2D eigenvalue weighted by Crippen LogP contribution is -2.47. The van der Waals surface area contributed by atoms with Crippen LogP contribution in [-0.2, 0) is 4.79 Å². The van der Waals surface area contributed by atoms with Crippen LogP contribution in [0, 0.1) is 19.8 Å². The number of piperazine rings is 1. The van der Waals surface area contributed by atoms with Gasteiger partial charge in [0, 0.05) is 60.6 Å². The fourth-order valence-corrected chi connectivity index (χ4v) is 4.68. The van der Waals surface area contributed by atoms with Crippen molar-refractivity contribution in [3.63, 3.8) is 0 Å². The number of alkyl halides is 2. The zero-order valence-electron chi connectivity index (χ0n) is 22.8. The Kier molecular flexibility index (Phi) is 13.3.